The molecule has 0 aromatic carbocycles. The van der Waals surface area contributed by atoms with Crippen LogP contribution in [0.1, 0.15) is 44.9 Å². The number of hydrogen-bond donors (Lipinski definition) is 2. The predicted octanol–water partition coefficient (Wildman–Crippen LogP) is 1.10. The SMILES string of the molecule is NC1CCC(N2CCCCC2CO)CC1. The highest BCUT2D eigenvalue weighted by Gasteiger charge is 2.30. The van der Waals surface area contributed by atoms with Gasteiger partial charge in [0.1, 0.15) is 0 Å². The number of piperidine rings is 1. The first-order valence-corrected chi connectivity index (χ1v) is 6.43. The Labute approximate surface area is 92.6 Å². The van der Waals surface area contributed by atoms with Gasteiger partial charge in [0.2, 0.25) is 0 Å². The van der Waals surface area contributed by atoms with Crippen LogP contribution in [0.3, 0.4) is 0 Å². The molecule has 2 aliphatic rings. The highest BCUT2D eigenvalue weighted by Crippen LogP contribution is 2.27. The first-order chi connectivity index (χ1) is 7.31. The Kier molecular flexibility index (Phi) is 4.00. The van der Waals surface area contributed by atoms with Gasteiger partial charge < -0.3 is 10.8 Å². The Balaban J connectivity index is 1.90. The number of likely N-dealkylation sites (tertiary alicyclic amines) is 1. The summed E-state index contributed by atoms with van der Waals surface area (Å²) < 4.78 is 0. The minimum Gasteiger partial charge on any atom is -0.395 e. The summed E-state index contributed by atoms with van der Waals surface area (Å²) in [6, 6.07) is 1.55. The Hall–Kier alpha value is -0.120. The quantitative estimate of drug-likeness (QED) is 0.721. The van der Waals surface area contributed by atoms with Crippen molar-refractivity contribution in [2.75, 3.05) is 13.2 Å². The molecule has 1 unspecified atom stereocenters. The zero-order chi connectivity index (χ0) is 10.7. The van der Waals surface area contributed by atoms with Crippen molar-refractivity contribution >= 4 is 0 Å². The second kappa shape index (κ2) is 5.28. The van der Waals surface area contributed by atoms with Gasteiger partial charge >= 0.3 is 0 Å². The Morgan fingerprint density at radius 3 is 2.47 bits per heavy atom. The first kappa shape index (κ1) is 11.4. The lowest BCUT2D eigenvalue weighted by Gasteiger charge is -2.43. The number of nitrogens with two attached hydrogens (primary N) is 1. The third-order valence-corrected chi connectivity index (χ3v) is 4.09. The van der Waals surface area contributed by atoms with Crippen LogP contribution >= 0.6 is 0 Å². The molecule has 3 N–H and O–H groups in total. The van der Waals surface area contributed by atoms with Crippen molar-refractivity contribution in [1.29, 1.82) is 0 Å². The Morgan fingerprint density at radius 1 is 1.07 bits per heavy atom. The zero-order valence-corrected chi connectivity index (χ0v) is 9.57. The smallest absolute Gasteiger partial charge is 0.0586 e. The number of hydrogen-bond acceptors (Lipinski definition) is 3. The standard InChI is InChI=1S/C12H24N2O/c13-10-4-6-11(7-5-10)14-8-2-1-3-12(14)9-15/h10-12,15H,1-9,13H2. The maximum Gasteiger partial charge on any atom is 0.0586 e. The van der Waals surface area contributed by atoms with Gasteiger partial charge in [-0.25, -0.2) is 0 Å². The fraction of sp³-hybridized carbons (Fsp3) is 1.00. The molecule has 1 atom stereocenters. The lowest BCUT2D eigenvalue weighted by atomic mass is 9.88. The van der Waals surface area contributed by atoms with Crippen molar-refractivity contribution in [3.63, 3.8) is 0 Å². The Morgan fingerprint density at radius 2 is 1.80 bits per heavy atom. The molecule has 2 fully saturated rings. The van der Waals surface area contributed by atoms with E-state index in [1.807, 2.05) is 0 Å². The number of aliphatic hydroxyl groups excluding tert-OH is 1. The van der Waals surface area contributed by atoms with Gasteiger partial charge in [-0.15, -0.1) is 0 Å². The molecular formula is C12H24N2O. The van der Waals surface area contributed by atoms with E-state index in [4.69, 9.17) is 5.73 Å². The average Bonchev–Trinajstić information content (AvgIpc) is 2.30. The monoisotopic (exact) mass is 212 g/mol. The highest BCUT2D eigenvalue weighted by atomic mass is 16.3. The van der Waals surface area contributed by atoms with Gasteiger partial charge in [-0.1, -0.05) is 6.42 Å². The molecule has 0 bridgehead atoms. The zero-order valence-electron chi connectivity index (χ0n) is 9.57. The van der Waals surface area contributed by atoms with Crippen LogP contribution in [0.4, 0.5) is 0 Å². The second-order valence-corrected chi connectivity index (χ2v) is 5.14. The van der Waals surface area contributed by atoms with Gasteiger partial charge in [-0.3, -0.25) is 4.90 Å². The van der Waals surface area contributed by atoms with Gasteiger partial charge in [-0.2, -0.15) is 0 Å². The third kappa shape index (κ3) is 2.71. The van der Waals surface area contributed by atoms with E-state index >= 15 is 0 Å². The first-order valence-electron chi connectivity index (χ1n) is 6.43. The fourth-order valence-corrected chi connectivity index (χ4v) is 3.13. The van der Waals surface area contributed by atoms with Crippen LogP contribution in [0.5, 0.6) is 0 Å². The maximum atomic E-state index is 9.38. The molecule has 0 radical (unpaired) electrons. The van der Waals surface area contributed by atoms with E-state index in [-0.39, 0.29) is 0 Å². The van der Waals surface area contributed by atoms with Crippen molar-refractivity contribution in [3.8, 4) is 0 Å². The molecule has 3 heteroatoms. The lowest BCUT2D eigenvalue weighted by Crippen LogP contribution is -2.50. The van der Waals surface area contributed by atoms with Crippen LogP contribution in [-0.4, -0.2) is 41.3 Å². The lowest BCUT2D eigenvalue weighted by molar-refractivity contribution is 0.0364. The minimum absolute atomic E-state index is 0.336. The van der Waals surface area contributed by atoms with Crippen molar-refractivity contribution in [1.82, 2.24) is 4.90 Å². The van der Waals surface area contributed by atoms with Crippen LogP contribution in [0, 0.1) is 0 Å². The molecule has 0 aromatic heterocycles. The van der Waals surface area contributed by atoms with Crippen molar-refractivity contribution in [2.24, 2.45) is 5.73 Å². The van der Waals surface area contributed by atoms with Crippen molar-refractivity contribution in [3.05, 3.63) is 0 Å². The summed E-state index contributed by atoms with van der Waals surface area (Å²) >= 11 is 0. The fourth-order valence-electron chi connectivity index (χ4n) is 3.13. The van der Waals surface area contributed by atoms with E-state index in [2.05, 4.69) is 4.90 Å². The summed E-state index contributed by atoms with van der Waals surface area (Å²) in [5.41, 5.74) is 5.93. The molecule has 1 aliphatic carbocycles. The number of nitrogens with zero attached hydrogens (tertiary/aromatic N) is 1. The molecule has 2 rings (SSSR count). The molecule has 1 saturated carbocycles. The number of rotatable bonds is 2. The molecule has 3 nitrogen and oxygen atoms in total. The molecule has 0 aromatic rings. The van der Waals surface area contributed by atoms with Gasteiger partial charge in [0.05, 0.1) is 6.61 Å². The van der Waals surface area contributed by atoms with Gasteiger partial charge in [-0.05, 0) is 45.1 Å². The maximum absolute atomic E-state index is 9.38. The van der Waals surface area contributed by atoms with E-state index in [9.17, 15) is 5.11 Å². The van der Waals surface area contributed by atoms with E-state index in [0.29, 0.717) is 24.7 Å². The molecule has 0 spiro atoms. The van der Waals surface area contributed by atoms with Crippen LogP contribution in [0.2, 0.25) is 0 Å². The molecule has 1 saturated heterocycles. The van der Waals surface area contributed by atoms with Crippen molar-refractivity contribution in [2.45, 2.75) is 63.1 Å². The molecular weight excluding hydrogens is 188 g/mol. The molecule has 15 heavy (non-hydrogen) atoms. The summed E-state index contributed by atoms with van der Waals surface area (Å²) in [4.78, 5) is 2.55. The van der Waals surface area contributed by atoms with Crippen LogP contribution < -0.4 is 5.73 Å². The average molecular weight is 212 g/mol. The topological polar surface area (TPSA) is 49.5 Å². The number of aliphatic hydroxyl groups is 1. The van der Waals surface area contributed by atoms with Crippen molar-refractivity contribution < 1.29 is 5.11 Å². The Bertz CT molecular complexity index is 190. The largest absolute Gasteiger partial charge is 0.395 e. The normalized spacial score (nSPS) is 39.2. The molecule has 88 valence electrons. The van der Waals surface area contributed by atoms with E-state index in [1.165, 1.54) is 51.5 Å². The third-order valence-electron chi connectivity index (χ3n) is 4.09. The van der Waals surface area contributed by atoms with Gasteiger partial charge in [0.15, 0.2) is 0 Å². The van der Waals surface area contributed by atoms with E-state index < -0.39 is 0 Å². The van der Waals surface area contributed by atoms with Crippen LogP contribution in [0.25, 0.3) is 0 Å². The van der Waals surface area contributed by atoms with E-state index in [1.54, 1.807) is 0 Å². The second-order valence-electron chi connectivity index (χ2n) is 5.14. The summed E-state index contributed by atoms with van der Waals surface area (Å²) in [5.74, 6) is 0. The minimum atomic E-state index is 0.336. The predicted molar refractivity (Wildman–Crippen MR) is 61.7 cm³/mol. The summed E-state index contributed by atoms with van der Waals surface area (Å²) in [7, 11) is 0. The van der Waals surface area contributed by atoms with Crippen LogP contribution in [-0.2, 0) is 0 Å². The van der Waals surface area contributed by atoms with E-state index in [0.717, 1.165) is 0 Å². The molecule has 0 amide bonds. The van der Waals surface area contributed by atoms with Gasteiger partial charge in [0, 0.05) is 18.1 Å². The van der Waals surface area contributed by atoms with Crippen LogP contribution in [0.15, 0.2) is 0 Å². The van der Waals surface area contributed by atoms with Gasteiger partial charge in [0.25, 0.3) is 0 Å². The molecule has 1 heterocycles. The summed E-state index contributed by atoms with van der Waals surface area (Å²) in [5, 5.41) is 9.38. The molecule has 1 aliphatic heterocycles. The summed E-state index contributed by atoms with van der Waals surface area (Å²) in [6.07, 6.45) is 8.57. The summed E-state index contributed by atoms with van der Waals surface area (Å²) in [6.45, 7) is 1.52. The highest BCUT2D eigenvalue weighted by molar-refractivity contribution is 4.86.